The van der Waals surface area contributed by atoms with Crippen LogP contribution in [0.15, 0.2) is 34.2 Å². The minimum Gasteiger partial charge on any atom is -0.322 e. The Bertz CT molecular complexity index is 1370. The van der Waals surface area contributed by atoms with Crippen LogP contribution in [0, 0.1) is 13.8 Å². The van der Waals surface area contributed by atoms with E-state index < -0.39 is 5.54 Å². The fourth-order valence-corrected chi connectivity index (χ4v) is 6.95. The number of hydrogen-bond donors (Lipinski definition) is 1. The van der Waals surface area contributed by atoms with Crippen molar-refractivity contribution in [1.29, 1.82) is 0 Å². The smallest absolute Gasteiger partial charge is 0.263 e. The van der Waals surface area contributed by atoms with E-state index in [2.05, 4.69) is 5.32 Å². The summed E-state index contributed by atoms with van der Waals surface area (Å²) in [5.74, 6) is -0.335. The maximum Gasteiger partial charge on any atom is 0.263 e. The van der Waals surface area contributed by atoms with Gasteiger partial charge in [0, 0.05) is 10.9 Å². The molecule has 1 aliphatic carbocycles. The Morgan fingerprint density at radius 2 is 1.91 bits per heavy atom. The zero-order chi connectivity index (χ0) is 24.2. The van der Waals surface area contributed by atoms with Crippen LogP contribution in [0.25, 0.3) is 10.2 Å². The predicted octanol–water partition coefficient (Wildman–Crippen LogP) is 5.05. The van der Waals surface area contributed by atoms with Gasteiger partial charge < -0.3 is 5.32 Å². The molecule has 7 nitrogen and oxygen atoms in total. The first kappa shape index (κ1) is 23.1. The fraction of sp³-hybridized carbons (Fsp3) is 0.440. The molecule has 5 rings (SSSR count). The summed E-state index contributed by atoms with van der Waals surface area (Å²) in [4.78, 5) is 48.2. The van der Waals surface area contributed by atoms with E-state index in [0.717, 1.165) is 41.0 Å². The number of nitrogens with one attached hydrogen (secondary N) is 1. The first-order valence-electron chi connectivity index (χ1n) is 11.6. The lowest BCUT2D eigenvalue weighted by atomic mass is 9.96. The fourth-order valence-electron chi connectivity index (χ4n) is 4.96. The van der Waals surface area contributed by atoms with E-state index >= 15 is 0 Å². The Kier molecular flexibility index (Phi) is 5.80. The Balaban J connectivity index is 1.52. The normalized spacial score (nSPS) is 17.8. The van der Waals surface area contributed by atoms with Crippen molar-refractivity contribution in [1.82, 2.24) is 9.55 Å². The number of hydrogen-bond acceptors (Lipinski definition) is 6. The zero-order valence-electron chi connectivity index (χ0n) is 19.8. The third-order valence-corrected chi connectivity index (χ3v) is 9.01. The topological polar surface area (TPSA) is 84.3 Å². The van der Waals surface area contributed by atoms with Gasteiger partial charge in [0.2, 0.25) is 11.8 Å². The van der Waals surface area contributed by atoms with Gasteiger partial charge in [-0.1, -0.05) is 36.7 Å². The average Bonchev–Trinajstić information content (AvgIpc) is 3.41. The number of aryl methyl sites for hydroxylation is 2. The molecule has 1 aromatic carbocycles. The molecule has 0 radical (unpaired) electrons. The van der Waals surface area contributed by atoms with Crippen molar-refractivity contribution in [3.63, 3.8) is 0 Å². The van der Waals surface area contributed by atoms with E-state index in [-0.39, 0.29) is 29.2 Å². The summed E-state index contributed by atoms with van der Waals surface area (Å²) < 4.78 is 1.83. The van der Waals surface area contributed by atoms with Gasteiger partial charge in [-0.3, -0.25) is 23.9 Å². The molecule has 0 bridgehead atoms. The molecule has 1 fully saturated rings. The molecule has 0 unspecified atom stereocenters. The van der Waals surface area contributed by atoms with E-state index in [9.17, 15) is 14.4 Å². The standard InChI is InChI=1S/C25H28N4O3S2/c1-14-15(2)34-21-20(14)22(31)28(16-9-5-6-10-16)24(27-21)33-13-19(30)29-18-12-8-7-11-17(18)26-23(32)25(29,3)4/h7-8,11-12,16H,5-6,9-10,13H2,1-4H3,(H,26,32). The highest BCUT2D eigenvalue weighted by atomic mass is 32.2. The molecule has 0 saturated heterocycles. The monoisotopic (exact) mass is 496 g/mol. The molecular formula is C25H28N4O3S2. The van der Waals surface area contributed by atoms with Crippen LogP contribution in [0.5, 0.6) is 0 Å². The van der Waals surface area contributed by atoms with Gasteiger partial charge in [0.1, 0.15) is 10.4 Å². The molecule has 2 amide bonds. The van der Waals surface area contributed by atoms with Gasteiger partial charge >= 0.3 is 0 Å². The number of benzene rings is 1. The lowest BCUT2D eigenvalue weighted by Gasteiger charge is -2.42. The molecule has 34 heavy (non-hydrogen) atoms. The lowest BCUT2D eigenvalue weighted by Crippen LogP contribution is -2.59. The van der Waals surface area contributed by atoms with Crippen LogP contribution >= 0.6 is 23.1 Å². The summed E-state index contributed by atoms with van der Waals surface area (Å²) in [7, 11) is 0. The number of para-hydroxylation sites is 2. The van der Waals surface area contributed by atoms with Crippen LogP contribution in [0.3, 0.4) is 0 Å². The van der Waals surface area contributed by atoms with E-state index in [4.69, 9.17) is 4.98 Å². The van der Waals surface area contributed by atoms with E-state index in [0.29, 0.717) is 21.9 Å². The molecule has 1 saturated carbocycles. The Labute approximate surface area is 206 Å². The number of nitrogens with zero attached hydrogens (tertiary/aromatic N) is 3. The maximum atomic E-state index is 13.6. The van der Waals surface area contributed by atoms with Crippen molar-refractivity contribution in [3.8, 4) is 0 Å². The molecule has 178 valence electrons. The second kappa shape index (κ2) is 8.53. The Morgan fingerprint density at radius 3 is 2.65 bits per heavy atom. The van der Waals surface area contributed by atoms with E-state index in [1.165, 1.54) is 23.1 Å². The van der Waals surface area contributed by atoms with E-state index in [1.807, 2.05) is 36.6 Å². The maximum absolute atomic E-state index is 13.6. The zero-order valence-corrected chi connectivity index (χ0v) is 21.4. The minimum absolute atomic E-state index is 0.00303. The second-order valence-electron chi connectivity index (χ2n) is 9.52. The van der Waals surface area contributed by atoms with Crippen LogP contribution < -0.4 is 15.8 Å². The number of aromatic nitrogens is 2. The van der Waals surface area contributed by atoms with Crippen LogP contribution in [-0.4, -0.2) is 32.7 Å². The Hall–Kier alpha value is -2.65. The van der Waals surface area contributed by atoms with Gasteiger partial charge in [-0.05, 0) is 58.2 Å². The van der Waals surface area contributed by atoms with Gasteiger partial charge in [0.15, 0.2) is 5.16 Å². The first-order valence-corrected chi connectivity index (χ1v) is 13.4. The number of amides is 2. The number of carbonyl (C=O) groups is 2. The molecule has 0 spiro atoms. The summed E-state index contributed by atoms with van der Waals surface area (Å²) in [6.45, 7) is 7.49. The molecule has 3 heterocycles. The lowest BCUT2D eigenvalue weighted by molar-refractivity contribution is -0.125. The van der Waals surface area contributed by atoms with Gasteiger partial charge in [-0.2, -0.15) is 0 Å². The number of thioether (sulfide) groups is 1. The molecule has 1 N–H and O–H groups in total. The number of anilines is 2. The Morgan fingerprint density at radius 1 is 1.21 bits per heavy atom. The number of thiophene rings is 1. The highest BCUT2D eigenvalue weighted by Crippen LogP contribution is 2.38. The predicted molar refractivity (Wildman–Crippen MR) is 138 cm³/mol. The van der Waals surface area contributed by atoms with Crippen LogP contribution in [0.2, 0.25) is 0 Å². The highest BCUT2D eigenvalue weighted by Gasteiger charge is 2.43. The number of rotatable bonds is 4. The molecule has 2 aromatic heterocycles. The van der Waals surface area contributed by atoms with Gasteiger partial charge in [0.05, 0.1) is 22.5 Å². The number of fused-ring (bicyclic) bond motifs is 2. The van der Waals surface area contributed by atoms with Gasteiger partial charge in [-0.15, -0.1) is 11.3 Å². The van der Waals surface area contributed by atoms with Crippen molar-refractivity contribution in [3.05, 3.63) is 45.1 Å². The van der Waals surface area contributed by atoms with Crippen molar-refractivity contribution < 1.29 is 9.59 Å². The van der Waals surface area contributed by atoms with Crippen LogP contribution in [0.4, 0.5) is 11.4 Å². The summed E-state index contributed by atoms with van der Waals surface area (Å²) in [5.41, 5.74) is 1.26. The summed E-state index contributed by atoms with van der Waals surface area (Å²) in [5, 5.41) is 4.19. The molecule has 1 aliphatic heterocycles. The first-order chi connectivity index (χ1) is 16.2. The van der Waals surface area contributed by atoms with Crippen molar-refractivity contribution in [2.24, 2.45) is 0 Å². The SMILES string of the molecule is Cc1sc2nc(SCC(=O)N3c4ccccc4NC(=O)C3(C)C)n(C3CCCC3)c(=O)c2c1C. The summed E-state index contributed by atoms with van der Waals surface area (Å²) in [6.07, 6.45) is 4.08. The molecule has 2 aliphatic rings. The van der Waals surface area contributed by atoms with Crippen LogP contribution in [-0.2, 0) is 9.59 Å². The molecule has 9 heteroatoms. The largest absolute Gasteiger partial charge is 0.322 e. The number of carbonyl (C=O) groups excluding carboxylic acids is 2. The van der Waals surface area contributed by atoms with Crippen molar-refractivity contribution in [2.45, 2.75) is 70.1 Å². The second-order valence-corrected chi connectivity index (χ2v) is 11.7. The molecule has 0 atom stereocenters. The third-order valence-electron chi connectivity index (χ3n) is 6.97. The van der Waals surface area contributed by atoms with Crippen LogP contribution in [0.1, 0.15) is 56.0 Å². The van der Waals surface area contributed by atoms with Gasteiger partial charge in [0.25, 0.3) is 5.56 Å². The minimum atomic E-state index is -1.03. The van der Waals surface area contributed by atoms with Crippen molar-refractivity contribution >= 4 is 56.5 Å². The molecular weight excluding hydrogens is 468 g/mol. The quantitative estimate of drug-likeness (QED) is 0.404. The average molecular weight is 497 g/mol. The summed E-state index contributed by atoms with van der Waals surface area (Å²) in [6, 6.07) is 7.44. The molecule has 3 aromatic rings. The van der Waals surface area contributed by atoms with E-state index in [1.54, 1.807) is 24.8 Å². The third kappa shape index (κ3) is 3.65. The van der Waals surface area contributed by atoms with Gasteiger partial charge in [-0.25, -0.2) is 4.98 Å². The summed E-state index contributed by atoms with van der Waals surface area (Å²) >= 11 is 2.82. The van der Waals surface area contributed by atoms with Crippen molar-refractivity contribution in [2.75, 3.05) is 16.0 Å². The highest BCUT2D eigenvalue weighted by molar-refractivity contribution is 7.99.